The van der Waals surface area contributed by atoms with Crippen LogP contribution in [-0.4, -0.2) is 18.0 Å². The van der Waals surface area contributed by atoms with E-state index in [4.69, 9.17) is 4.74 Å². The summed E-state index contributed by atoms with van der Waals surface area (Å²) in [6, 6.07) is 9.33. The van der Waals surface area contributed by atoms with E-state index in [1.807, 2.05) is 12.1 Å². The van der Waals surface area contributed by atoms with E-state index in [9.17, 15) is 9.18 Å². The van der Waals surface area contributed by atoms with E-state index in [-0.39, 0.29) is 17.1 Å². The zero-order valence-electron chi connectivity index (χ0n) is 14.5. The molecular weight excluding hydrogens is 339 g/mol. The van der Waals surface area contributed by atoms with Crippen LogP contribution in [0.5, 0.6) is 5.75 Å². The van der Waals surface area contributed by atoms with E-state index in [1.165, 1.54) is 35.6 Å². The quantitative estimate of drug-likeness (QED) is 0.717. The number of benzene rings is 2. The van der Waals surface area contributed by atoms with Gasteiger partial charge in [-0.15, -0.1) is 0 Å². The topological polar surface area (TPSA) is 51.2 Å². The first-order valence-corrected chi connectivity index (χ1v) is 8.66. The van der Waals surface area contributed by atoms with E-state index in [2.05, 4.69) is 31.1 Å². The Morgan fingerprint density at radius 2 is 1.84 bits per heavy atom. The Kier molecular flexibility index (Phi) is 4.47. The van der Waals surface area contributed by atoms with Gasteiger partial charge in [-0.1, -0.05) is 38.2 Å². The standard InChI is InChI=1S/C19H19FN2O2S/c1-19(2,3)13-9-10-14(24-4)15-16(13)25-18(21-15)22-17(23)11-5-7-12(20)8-6-11/h5-10H,1-4H3,(H,21,22,23). The number of amides is 1. The number of methoxy groups -OCH3 is 1. The van der Waals surface area contributed by atoms with Crippen LogP contribution >= 0.6 is 11.3 Å². The number of aromatic nitrogens is 1. The number of nitrogens with one attached hydrogen (secondary N) is 1. The van der Waals surface area contributed by atoms with Gasteiger partial charge in [0.25, 0.3) is 5.91 Å². The molecule has 3 aromatic rings. The lowest BCUT2D eigenvalue weighted by Crippen LogP contribution is -2.11. The lowest BCUT2D eigenvalue weighted by atomic mass is 9.87. The molecule has 1 aromatic heterocycles. The first-order chi connectivity index (χ1) is 11.8. The van der Waals surface area contributed by atoms with E-state index >= 15 is 0 Å². The van der Waals surface area contributed by atoms with Crippen molar-refractivity contribution in [1.29, 1.82) is 0 Å². The van der Waals surface area contributed by atoms with Gasteiger partial charge in [-0.05, 0) is 41.3 Å². The normalized spacial score (nSPS) is 11.6. The molecular formula is C19H19FN2O2S. The van der Waals surface area contributed by atoms with Crippen molar-refractivity contribution in [2.45, 2.75) is 26.2 Å². The molecule has 0 aliphatic rings. The fourth-order valence-corrected chi connectivity index (χ4v) is 3.76. The molecule has 6 heteroatoms. The van der Waals surface area contributed by atoms with Crippen LogP contribution in [0.3, 0.4) is 0 Å². The number of carbonyl (C=O) groups is 1. The van der Waals surface area contributed by atoms with Crippen LogP contribution in [0.4, 0.5) is 9.52 Å². The summed E-state index contributed by atoms with van der Waals surface area (Å²) in [6.45, 7) is 6.39. The van der Waals surface area contributed by atoms with Crippen LogP contribution < -0.4 is 10.1 Å². The molecule has 130 valence electrons. The van der Waals surface area contributed by atoms with Crippen molar-refractivity contribution in [2.75, 3.05) is 12.4 Å². The van der Waals surface area contributed by atoms with Gasteiger partial charge in [0.2, 0.25) is 0 Å². The van der Waals surface area contributed by atoms with Gasteiger partial charge in [0.05, 0.1) is 11.8 Å². The van der Waals surface area contributed by atoms with Crippen molar-refractivity contribution in [3.05, 3.63) is 53.3 Å². The Morgan fingerprint density at radius 3 is 2.44 bits per heavy atom. The summed E-state index contributed by atoms with van der Waals surface area (Å²) in [6.07, 6.45) is 0. The molecule has 0 radical (unpaired) electrons. The zero-order chi connectivity index (χ0) is 18.2. The first kappa shape index (κ1) is 17.4. The molecule has 0 aliphatic heterocycles. The SMILES string of the molecule is COc1ccc(C(C)(C)C)c2sc(NC(=O)c3ccc(F)cc3)nc12. The third-order valence-corrected chi connectivity index (χ3v) is 4.87. The zero-order valence-corrected chi connectivity index (χ0v) is 15.3. The van der Waals surface area contributed by atoms with Crippen molar-refractivity contribution in [2.24, 2.45) is 0 Å². The van der Waals surface area contributed by atoms with Crippen LogP contribution in [0.25, 0.3) is 10.2 Å². The molecule has 1 heterocycles. The van der Waals surface area contributed by atoms with Gasteiger partial charge in [0.15, 0.2) is 5.13 Å². The minimum absolute atomic E-state index is 0.0602. The smallest absolute Gasteiger partial charge is 0.257 e. The Labute approximate surface area is 149 Å². The van der Waals surface area contributed by atoms with E-state index in [0.29, 0.717) is 16.4 Å². The fourth-order valence-electron chi connectivity index (χ4n) is 2.56. The van der Waals surface area contributed by atoms with Gasteiger partial charge in [-0.3, -0.25) is 10.1 Å². The number of ether oxygens (including phenoxy) is 1. The lowest BCUT2D eigenvalue weighted by molar-refractivity contribution is 0.102. The summed E-state index contributed by atoms with van der Waals surface area (Å²) < 4.78 is 19.4. The maximum Gasteiger partial charge on any atom is 0.257 e. The molecule has 4 nitrogen and oxygen atoms in total. The molecule has 2 aromatic carbocycles. The monoisotopic (exact) mass is 358 g/mol. The largest absolute Gasteiger partial charge is 0.494 e. The number of halogens is 1. The van der Waals surface area contributed by atoms with Crippen molar-refractivity contribution in [1.82, 2.24) is 4.98 Å². The highest BCUT2D eigenvalue weighted by molar-refractivity contribution is 7.22. The van der Waals surface area contributed by atoms with E-state index in [1.54, 1.807) is 7.11 Å². The van der Waals surface area contributed by atoms with Crippen LogP contribution in [-0.2, 0) is 5.41 Å². The average molecular weight is 358 g/mol. The number of rotatable bonds is 3. The Balaban J connectivity index is 2.00. The average Bonchev–Trinajstić information content (AvgIpc) is 2.96. The molecule has 0 saturated heterocycles. The second kappa shape index (κ2) is 6.44. The fraction of sp³-hybridized carbons (Fsp3) is 0.263. The second-order valence-corrected chi connectivity index (χ2v) is 7.72. The van der Waals surface area contributed by atoms with Gasteiger partial charge in [0.1, 0.15) is 17.1 Å². The molecule has 0 fully saturated rings. The van der Waals surface area contributed by atoms with Crippen LogP contribution in [0.1, 0.15) is 36.7 Å². The minimum Gasteiger partial charge on any atom is -0.494 e. The van der Waals surface area contributed by atoms with E-state index < -0.39 is 0 Å². The van der Waals surface area contributed by atoms with Crippen LogP contribution in [0.15, 0.2) is 36.4 Å². The van der Waals surface area contributed by atoms with Gasteiger partial charge < -0.3 is 4.74 Å². The molecule has 0 spiro atoms. The maximum atomic E-state index is 13.0. The second-order valence-electron chi connectivity index (χ2n) is 6.72. The van der Waals surface area contributed by atoms with Gasteiger partial charge in [0, 0.05) is 5.56 Å². The third-order valence-electron chi connectivity index (χ3n) is 3.86. The third kappa shape index (κ3) is 3.49. The van der Waals surface area contributed by atoms with Crippen molar-refractivity contribution >= 4 is 32.6 Å². The summed E-state index contributed by atoms with van der Waals surface area (Å²) in [5, 5.41) is 3.27. The summed E-state index contributed by atoms with van der Waals surface area (Å²) in [5.41, 5.74) is 2.19. The van der Waals surface area contributed by atoms with Crippen LogP contribution in [0, 0.1) is 5.82 Å². The number of fused-ring (bicyclic) bond motifs is 1. The molecule has 25 heavy (non-hydrogen) atoms. The van der Waals surface area contributed by atoms with Crippen molar-refractivity contribution in [3.63, 3.8) is 0 Å². The Hall–Kier alpha value is -2.47. The molecule has 0 atom stereocenters. The molecule has 3 rings (SSSR count). The number of thiazole rings is 1. The summed E-state index contributed by atoms with van der Waals surface area (Å²) in [4.78, 5) is 16.9. The number of carbonyl (C=O) groups excluding carboxylic acids is 1. The number of anilines is 1. The summed E-state index contributed by atoms with van der Waals surface area (Å²) in [7, 11) is 1.60. The van der Waals surface area contributed by atoms with Gasteiger partial charge in [-0.25, -0.2) is 9.37 Å². The minimum atomic E-state index is -0.379. The molecule has 0 bridgehead atoms. The van der Waals surface area contributed by atoms with Crippen molar-refractivity contribution < 1.29 is 13.9 Å². The molecule has 0 unspecified atom stereocenters. The highest BCUT2D eigenvalue weighted by Crippen LogP contribution is 2.39. The Morgan fingerprint density at radius 1 is 1.16 bits per heavy atom. The number of hydrogen-bond donors (Lipinski definition) is 1. The van der Waals surface area contributed by atoms with Gasteiger partial charge >= 0.3 is 0 Å². The van der Waals surface area contributed by atoms with Crippen LogP contribution in [0.2, 0.25) is 0 Å². The summed E-state index contributed by atoms with van der Waals surface area (Å²) in [5.74, 6) is -0.0343. The Bertz CT molecular complexity index is 927. The highest BCUT2D eigenvalue weighted by Gasteiger charge is 2.22. The lowest BCUT2D eigenvalue weighted by Gasteiger charge is -2.20. The molecule has 1 N–H and O–H groups in total. The van der Waals surface area contributed by atoms with Gasteiger partial charge in [-0.2, -0.15) is 0 Å². The molecule has 0 aliphatic carbocycles. The highest BCUT2D eigenvalue weighted by atomic mass is 32.1. The summed E-state index contributed by atoms with van der Waals surface area (Å²) >= 11 is 1.41. The van der Waals surface area contributed by atoms with E-state index in [0.717, 1.165) is 15.8 Å². The maximum absolute atomic E-state index is 13.0. The number of hydrogen-bond acceptors (Lipinski definition) is 4. The predicted octanol–water partition coefficient (Wildman–Crippen LogP) is 4.99. The predicted molar refractivity (Wildman–Crippen MR) is 99.2 cm³/mol. The van der Waals surface area contributed by atoms with Crippen molar-refractivity contribution in [3.8, 4) is 5.75 Å². The molecule has 0 saturated carbocycles. The first-order valence-electron chi connectivity index (χ1n) is 7.84. The number of nitrogens with zero attached hydrogens (tertiary/aromatic N) is 1. The molecule has 1 amide bonds.